The first-order valence-corrected chi connectivity index (χ1v) is 6.05. The summed E-state index contributed by atoms with van der Waals surface area (Å²) >= 11 is 0. The summed E-state index contributed by atoms with van der Waals surface area (Å²) in [5, 5.41) is 3.20. The molecule has 0 spiro atoms. The second-order valence-electron chi connectivity index (χ2n) is 4.69. The summed E-state index contributed by atoms with van der Waals surface area (Å²) in [6.45, 7) is 8.55. The molecule has 0 amide bonds. The van der Waals surface area contributed by atoms with Crippen molar-refractivity contribution in [2.45, 2.75) is 39.8 Å². The molecule has 1 aliphatic rings. The van der Waals surface area contributed by atoms with Crippen molar-refractivity contribution in [2.24, 2.45) is 0 Å². The van der Waals surface area contributed by atoms with Crippen LogP contribution in [0.3, 0.4) is 0 Å². The molecule has 2 atom stereocenters. The normalized spacial score (nSPS) is 22.4. The molecule has 0 saturated carbocycles. The van der Waals surface area contributed by atoms with Crippen LogP contribution in [0.15, 0.2) is 12.1 Å². The Kier molecular flexibility index (Phi) is 3.20. The maximum Gasteiger partial charge on any atom is 0.325 e. The Morgan fingerprint density at radius 1 is 1.29 bits per heavy atom. The van der Waals surface area contributed by atoms with Gasteiger partial charge in [0.2, 0.25) is 0 Å². The van der Waals surface area contributed by atoms with Crippen LogP contribution in [0, 0.1) is 20.8 Å². The maximum atomic E-state index is 11.6. The molecule has 0 aromatic heterocycles. The first-order valence-electron chi connectivity index (χ1n) is 6.05. The third-order valence-corrected chi connectivity index (χ3v) is 3.17. The quantitative estimate of drug-likeness (QED) is 0.643. The molecule has 0 radical (unpaired) electrons. The number of hydrogen-bond acceptors (Lipinski definition) is 3. The Balaban J connectivity index is 2.19. The predicted molar refractivity (Wildman–Crippen MR) is 67.0 cm³/mol. The van der Waals surface area contributed by atoms with Gasteiger partial charge in [-0.3, -0.25) is 10.1 Å². The van der Waals surface area contributed by atoms with Crippen LogP contribution in [-0.4, -0.2) is 18.6 Å². The Labute approximate surface area is 102 Å². The number of aryl methyl sites for hydroxylation is 3. The lowest BCUT2D eigenvalue weighted by atomic mass is 9.96. The highest BCUT2D eigenvalue weighted by Gasteiger charge is 2.45. The fourth-order valence-electron chi connectivity index (χ4n) is 2.51. The largest absolute Gasteiger partial charge is 0.465 e. The number of esters is 1. The Hall–Kier alpha value is -1.35. The minimum Gasteiger partial charge on any atom is -0.465 e. The number of hydrogen-bond donors (Lipinski definition) is 1. The number of benzene rings is 1. The molecule has 0 aliphatic carbocycles. The van der Waals surface area contributed by atoms with E-state index in [1.807, 2.05) is 6.92 Å². The number of nitrogens with one attached hydrogen (secondary N) is 1. The lowest BCUT2D eigenvalue weighted by Gasteiger charge is -2.09. The van der Waals surface area contributed by atoms with E-state index in [4.69, 9.17) is 4.74 Å². The molecule has 2 rings (SSSR count). The highest BCUT2D eigenvalue weighted by atomic mass is 16.5. The molecule has 1 heterocycles. The maximum absolute atomic E-state index is 11.6. The van der Waals surface area contributed by atoms with E-state index >= 15 is 0 Å². The molecule has 1 N–H and O–H groups in total. The average Bonchev–Trinajstić information content (AvgIpc) is 2.96. The van der Waals surface area contributed by atoms with Crippen molar-refractivity contribution in [1.82, 2.24) is 5.32 Å². The summed E-state index contributed by atoms with van der Waals surface area (Å²) in [6.07, 6.45) is 0. The third-order valence-electron chi connectivity index (χ3n) is 3.17. The molecule has 1 saturated heterocycles. The Morgan fingerprint density at radius 3 is 2.41 bits per heavy atom. The summed E-state index contributed by atoms with van der Waals surface area (Å²) in [5.74, 6) is -0.142. The van der Waals surface area contributed by atoms with E-state index < -0.39 is 0 Å². The van der Waals surface area contributed by atoms with Crippen molar-refractivity contribution in [3.8, 4) is 0 Å². The van der Waals surface area contributed by atoms with Gasteiger partial charge in [0.1, 0.15) is 6.04 Å². The summed E-state index contributed by atoms with van der Waals surface area (Å²) in [4.78, 5) is 11.6. The van der Waals surface area contributed by atoms with Crippen LogP contribution in [0.1, 0.15) is 35.2 Å². The Morgan fingerprint density at radius 2 is 1.88 bits per heavy atom. The van der Waals surface area contributed by atoms with E-state index in [1.54, 1.807) is 0 Å². The van der Waals surface area contributed by atoms with Gasteiger partial charge in [-0.25, -0.2) is 0 Å². The number of ether oxygens (including phenoxy) is 1. The molecular formula is C14H19NO2. The zero-order valence-electron chi connectivity index (χ0n) is 10.8. The highest BCUT2D eigenvalue weighted by Crippen LogP contribution is 2.35. The monoisotopic (exact) mass is 233 g/mol. The lowest BCUT2D eigenvalue weighted by molar-refractivity contribution is -0.142. The van der Waals surface area contributed by atoms with Gasteiger partial charge in [-0.15, -0.1) is 0 Å². The van der Waals surface area contributed by atoms with Crippen LogP contribution in [0.25, 0.3) is 0 Å². The second kappa shape index (κ2) is 4.49. The van der Waals surface area contributed by atoms with Gasteiger partial charge in [0, 0.05) is 0 Å². The molecular weight excluding hydrogens is 214 g/mol. The molecule has 1 aromatic carbocycles. The fourth-order valence-corrected chi connectivity index (χ4v) is 2.51. The smallest absolute Gasteiger partial charge is 0.325 e. The summed E-state index contributed by atoms with van der Waals surface area (Å²) in [5.41, 5.74) is 4.99. The second-order valence-corrected chi connectivity index (χ2v) is 4.69. The minimum absolute atomic E-state index is 0.134. The molecule has 3 nitrogen and oxygen atoms in total. The lowest BCUT2D eigenvalue weighted by Crippen LogP contribution is -2.14. The van der Waals surface area contributed by atoms with E-state index in [1.165, 1.54) is 22.3 Å². The van der Waals surface area contributed by atoms with Crippen molar-refractivity contribution < 1.29 is 9.53 Å². The summed E-state index contributed by atoms with van der Waals surface area (Å²) in [7, 11) is 0. The minimum atomic E-state index is -0.157. The highest BCUT2D eigenvalue weighted by molar-refractivity contribution is 5.81. The van der Waals surface area contributed by atoms with Crippen molar-refractivity contribution in [3.63, 3.8) is 0 Å². The predicted octanol–water partition coefficient (Wildman–Crippen LogP) is 2.19. The van der Waals surface area contributed by atoms with E-state index in [0.29, 0.717) is 6.61 Å². The molecule has 1 fully saturated rings. The van der Waals surface area contributed by atoms with Gasteiger partial charge in [-0.05, 0) is 44.4 Å². The topological polar surface area (TPSA) is 48.2 Å². The zero-order valence-corrected chi connectivity index (χ0v) is 10.8. The number of carbonyl (C=O) groups excluding carboxylic acids is 1. The van der Waals surface area contributed by atoms with Gasteiger partial charge < -0.3 is 4.74 Å². The van der Waals surface area contributed by atoms with Gasteiger partial charge in [0.15, 0.2) is 0 Å². The van der Waals surface area contributed by atoms with Crippen molar-refractivity contribution in [3.05, 3.63) is 34.4 Å². The Bertz CT molecular complexity index is 431. The van der Waals surface area contributed by atoms with Gasteiger partial charge in [0.05, 0.1) is 12.6 Å². The first-order chi connectivity index (χ1) is 8.04. The van der Waals surface area contributed by atoms with Crippen molar-refractivity contribution in [2.75, 3.05) is 6.61 Å². The number of carbonyl (C=O) groups is 1. The standard InChI is InChI=1S/C14H19NO2/c1-5-17-14(16)13-12(15-13)11-9(3)6-8(2)7-10(11)4/h6-7,12-13,15H,5H2,1-4H3/t12?,13-/m0/s1. The zero-order chi connectivity index (χ0) is 12.6. The molecule has 1 unspecified atom stereocenters. The average molecular weight is 233 g/mol. The van der Waals surface area contributed by atoms with Crippen LogP contribution in [-0.2, 0) is 9.53 Å². The number of rotatable bonds is 3. The molecule has 1 aliphatic heterocycles. The van der Waals surface area contributed by atoms with Crippen LogP contribution < -0.4 is 5.32 Å². The third kappa shape index (κ3) is 2.34. The molecule has 1 aromatic rings. The van der Waals surface area contributed by atoms with Crippen LogP contribution >= 0.6 is 0 Å². The summed E-state index contributed by atoms with van der Waals surface area (Å²) in [6, 6.07) is 4.29. The first kappa shape index (κ1) is 12.1. The van der Waals surface area contributed by atoms with Gasteiger partial charge >= 0.3 is 5.97 Å². The van der Waals surface area contributed by atoms with Crippen LogP contribution in [0.2, 0.25) is 0 Å². The molecule has 0 bridgehead atoms. The summed E-state index contributed by atoms with van der Waals surface area (Å²) < 4.78 is 5.02. The van der Waals surface area contributed by atoms with E-state index in [0.717, 1.165) is 0 Å². The molecule has 92 valence electrons. The van der Waals surface area contributed by atoms with E-state index in [2.05, 4.69) is 38.2 Å². The van der Waals surface area contributed by atoms with E-state index in [9.17, 15) is 4.79 Å². The van der Waals surface area contributed by atoms with Crippen molar-refractivity contribution >= 4 is 5.97 Å². The van der Waals surface area contributed by atoms with Crippen LogP contribution in [0.4, 0.5) is 0 Å². The van der Waals surface area contributed by atoms with Gasteiger partial charge in [-0.1, -0.05) is 17.7 Å². The van der Waals surface area contributed by atoms with Gasteiger partial charge in [-0.2, -0.15) is 0 Å². The molecule has 17 heavy (non-hydrogen) atoms. The SMILES string of the molecule is CCOC(=O)[C@H]1NC1c1c(C)cc(C)cc1C. The van der Waals surface area contributed by atoms with Gasteiger partial charge in [0.25, 0.3) is 0 Å². The van der Waals surface area contributed by atoms with E-state index in [-0.39, 0.29) is 18.1 Å². The van der Waals surface area contributed by atoms with Crippen LogP contribution in [0.5, 0.6) is 0 Å². The van der Waals surface area contributed by atoms with Crippen molar-refractivity contribution in [1.29, 1.82) is 0 Å². The fraction of sp³-hybridized carbons (Fsp3) is 0.500. The molecule has 3 heteroatoms.